The molecule has 0 saturated carbocycles. The smallest absolute Gasteiger partial charge is 0.312 e. The second-order valence-corrected chi connectivity index (χ2v) is 5.19. The topological polar surface area (TPSA) is 81.5 Å². The maximum absolute atomic E-state index is 11.6. The van der Waals surface area contributed by atoms with Gasteiger partial charge in [0.15, 0.2) is 12.4 Å². The predicted molar refractivity (Wildman–Crippen MR) is 76.0 cm³/mol. The quantitative estimate of drug-likeness (QED) is 0.647. The Bertz CT molecular complexity index is 505. The summed E-state index contributed by atoms with van der Waals surface area (Å²) < 4.78 is 5.18. The first-order valence-electron chi connectivity index (χ1n) is 6.17. The van der Waals surface area contributed by atoms with Crippen LogP contribution < -0.4 is 10.1 Å². The number of carbonyl (C=O) groups is 1. The standard InChI is InChI=1S/C13H17ClN2O4/c1-8(2)9(3)15-13(17)7-20-12-5-4-10(14)6-11(12)16(18)19/h4-6,8-9H,7H2,1-3H3,(H,15,17)/t9-/m1/s1. The lowest BCUT2D eigenvalue weighted by atomic mass is 10.1. The number of nitrogens with zero attached hydrogens (tertiary/aromatic N) is 1. The average molecular weight is 301 g/mol. The summed E-state index contributed by atoms with van der Waals surface area (Å²) >= 11 is 5.69. The molecule has 0 unspecified atom stereocenters. The van der Waals surface area contributed by atoms with E-state index in [2.05, 4.69) is 5.32 Å². The van der Waals surface area contributed by atoms with Crippen LogP contribution in [-0.4, -0.2) is 23.5 Å². The van der Waals surface area contributed by atoms with Crippen LogP contribution in [0.25, 0.3) is 0 Å². The first-order valence-corrected chi connectivity index (χ1v) is 6.55. The number of nitrogens with one attached hydrogen (secondary N) is 1. The third-order valence-corrected chi connectivity index (χ3v) is 3.10. The number of halogens is 1. The zero-order chi connectivity index (χ0) is 15.3. The number of amides is 1. The van der Waals surface area contributed by atoms with Crippen molar-refractivity contribution in [2.24, 2.45) is 5.92 Å². The molecule has 0 spiro atoms. The highest BCUT2D eigenvalue weighted by atomic mass is 35.5. The van der Waals surface area contributed by atoms with Gasteiger partial charge in [0.05, 0.1) is 4.92 Å². The summed E-state index contributed by atoms with van der Waals surface area (Å²) in [5.41, 5.74) is -0.262. The fraction of sp³-hybridized carbons (Fsp3) is 0.462. The number of nitro groups is 1. The zero-order valence-corrected chi connectivity index (χ0v) is 12.3. The van der Waals surface area contributed by atoms with E-state index in [-0.39, 0.29) is 35.0 Å². The van der Waals surface area contributed by atoms with E-state index < -0.39 is 4.92 Å². The Balaban J connectivity index is 2.66. The second kappa shape index (κ2) is 7.09. The molecule has 1 amide bonds. The van der Waals surface area contributed by atoms with Crippen molar-refractivity contribution in [2.45, 2.75) is 26.8 Å². The summed E-state index contributed by atoms with van der Waals surface area (Å²) in [6, 6.07) is 4.04. The molecule has 1 atom stereocenters. The van der Waals surface area contributed by atoms with Crippen molar-refractivity contribution in [3.05, 3.63) is 33.3 Å². The largest absolute Gasteiger partial charge is 0.477 e. The lowest BCUT2D eigenvalue weighted by Gasteiger charge is -2.17. The van der Waals surface area contributed by atoms with Crippen molar-refractivity contribution < 1.29 is 14.5 Å². The molecule has 0 radical (unpaired) electrons. The highest BCUT2D eigenvalue weighted by Crippen LogP contribution is 2.29. The fourth-order valence-corrected chi connectivity index (χ4v) is 1.53. The van der Waals surface area contributed by atoms with E-state index in [4.69, 9.17) is 16.3 Å². The monoisotopic (exact) mass is 300 g/mol. The Morgan fingerprint density at radius 2 is 2.10 bits per heavy atom. The molecule has 110 valence electrons. The Kier molecular flexibility index (Phi) is 5.76. The molecule has 0 bridgehead atoms. The molecule has 0 saturated heterocycles. The minimum Gasteiger partial charge on any atom is -0.477 e. The molecule has 1 N–H and O–H groups in total. The van der Waals surface area contributed by atoms with Crippen LogP contribution in [0.3, 0.4) is 0 Å². The van der Waals surface area contributed by atoms with Gasteiger partial charge in [0.1, 0.15) is 0 Å². The van der Waals surface area contributed by atoms with E-state index in [9.17, 15) is 14.9 Å². The van der Waals surface area contributed by atoms with Gasteiger partial charge in [-0.1, -0.05) is 25.4 Å². The number of carbonyl (C=O) groups excluding carboxylic acids is 1. The third-order valence-electron chi connectivity index (χ3n) is 2.87. The van der Waals surface area contributed by atoms with E-state index in [1.165, 1.54) is 18.2 Å². The molecule has 0 fully saturated rings. The minimum absolute atomic E-state index is 0.00584. The summed E-state index contributed by atoms with van der Waals surface area (Å²) in [7, 11) is 0. The maximum atomic E-state index is 11.6. The maximum Gasteiger partial charge on any atom is 0.312 e. The van der Waals surface area contributed by atoms with Crippen LogP contribution in [0.15, 0.2) is 18.2 Å². The number of hydrogen-bond donors (Lipinski definition) is 1. The molecule has 6 nitrogen and oxygen atoms in total. The van der Waals surface area contributed by atoms with Crippen LogP contribution in [-0.2, 0) is 4.79 Å². The van der Waals surface area contributed by atoms with Gasteiger partial charge < -0.3 is 10.1 Å². The predicted octanol–water partition coefficient (Wildman–Crippen LogP) is 2.79. The summed E-state index contributed by atoms with van der Waals surface area (Å²) in [6.45, 7) is 5.57. The summed E-state index contributed by atoms with van der Waals surface area (Å²) in [5.74, 6) is -0.00832. The van der Waals surface area contributed by atoms with Crippen LogP contribution in [0.2, 0.25) is 5.02 Å². The lowest BCUT2D eigenvalue weighted by Crippen LogP contribution is -2.38. The zero-order valence-electron chi connectivity index (χ0n) is 11.6. The van der Waals surface area contributed by atoms with Crippen molar-refractivity contribution in [1.29, 1.82) is 0 Å². The Hall–Kier alpha value is -1.82. The van der Waals surface area contributed by atoms with Gasteiger partial charge in [0.2, 0.25) is 0 Å². The first kappa shape index (κ1) is 16.2. The van der Waals surface area contributed by atoms with Crippen LogP contribution in [0.5, 0.6) is 5.75 Å². The first-order chi connectivity index (χ1) is 9.31. The van der Waals surface area contributed by atoms with E-state index in [0.29, 0.717) is 5.92 Å². The van der Waals surface area contributed by atoms with Gasteiger partial charge >= 0.3 is 5.69 Å². The van der Waals surface area contributed by atoms with E-state index >= 15 is 0 Å². The number of ether oxygens (including phenoxy) is 1. The van der Waals surface area contributed by atoms with Gasteiger partial charge in [-0.2, -0.15) is 0 Å². The van der Waals surface area contributed by atoms with Crippen molar-refractivity contribution >= 4 is 23.2 Å². The molecule has 20 heavy (non-hydrogen) atoms. The number of rotatable bonds is 6. The van der Waals surface area contributed by atoms with Crippen LogP contribution >= 0.6 is 11.6 Å². The van der Waals surface area contributed by atoms with Gasteiger partial charge in [-0.25, -0.2) is 0 Å². The van der Waals surface area contributed by atoms with Gasteiger partial charge in [-0.3, -0.25) is 14.9 Å². The van der Waals surface area contributed by atoms with Crippen molar-refractivity contribution in [1.82, 2.24) is 5.32 Å². The van der Waals surface area contributed by atoms with Gasteiger partial charge in [0, 0.05) is 17.1 Å². The highest BCUT2D eigenvalue weighted by molar-refractivity contribution is 6.30. The van der Waals surface area contributed by atoms with Crippen LogP contribution in [0.4, 0.5) is 5.69 Å². The molecule has 0 aromatic heterocycles. The fourth-order valence-electron chi connectivity index (χ4n) is 1.36. The van der Waals surface area contributed by atoms with Gasteiger partial charge in [-0.05, 0) is 25.0 Å². The van der Waals surface area contributed by atoms with Gasteiger partial charge in [0.25, 0.3) is 5.91 Å². The lowest BCUT2D eigenvalue weighted by molar-refractivity contribution is -0.385. The molecule has 1 aromatic carbocycles. The van der Waals surface area contributed by atoms with Gasteiger partial charge in [-0.15, -0.1) is 0 Å². The molecule has 0 aliphatic rings. The minimum atomic E-state index is -0.601. The Morgan fingerprint density at radius 1 is 1.45 bits per heavy atom. The molecule has 1 aromatic rings. The summed E-state index contributed by atoms with van der Waals surface area (Å²) in [5, 5.41) is 13.8. The number of nitro benzene ring substituents is 1. The molecule has 0 aliphatic carbocycles. The Labute approximate surface area is 122 Å². The Morgan fingerprint density at radius 3 is 2.65 bits per heavy atom. The number of benzene rings is 1. The molecular formula is C13H17ClN2O4. The van der Waals surface area contributed by atoms with E-state index in [0.717, 1.165) is 0 Å². The summed E-state index contributed by atoms with van der Waals surface area (Å²) in [6.07, 6.45) is 0. The third kappa shape index (κ3) is 4.70. The normalized spacial score (nSPS) is 12.1. The second-order valence-electron chi connectivity index (χ2n) is 4.76. The van der Waals surface area contributed by atoms with Crippen molar-refractivity contribution in [3.63, 3.8) is 0 Å². The van der Waals surface area contributed by atoms with Crippen molar-refractivity contribution in [2.75, 3.05) is 6.61 Å². The molecule has 7 heteroatoms. The molecule has 0 heterocycles. The number of hydrogen-bond acceptors (Lipinski definition) is 4. The molecule has 1 rings (SSSR count). The molecular weight excluding hydrogens is 284 g/mol. The van der Waals surface area contributed by atoms with E-state index in [1.54, 1.807) is 0 Å². The highest BCUT2D eigenvalue weighted by Gasteiger charge is 2.17. The van der Waals surface area contributed by atoms with E-state index in [1.807, 2.05) is 20.8 Å². The van der Waals surface area contributed by atoms with Crippen LogP contribution in [0.1, 0.15) is 20.8 Å². The van der Waals surface area contributed by atoms with Crippen LogP contribution in [0, 0.1) is 16.0 Å². The SMILES string of the molecule is CC(C)[C@@H](C)NC(=O)COc1ccc(Cl)cc1[N+](=O)[O-]. The average Bonchev–Trinajstić information content (AvgIpc) is 2.36. The van der Waals surface area contributed by atoms with Crippen molar-refractivity contribution in [3.8, 4) is 5.75 Å². The summed E-state index contributed by atoms with van der Waals surface area (Å²) in [4.78, 5) is 21.9. The molecule has 0 aliphatic heterocycles.